The van der Waals surface area contributed by atoms with Gasteiger partial charge in [0.25, 0.3) is 0 Å². The maximum Gasteiger partial charge on any atom is 0.335 e. The van der Waals surface area contributed by atoms with E-state index < -0.39 is 5.97 Å². The fourth-order valence-corrected chi connectivity index (χ4v) is 2.67. The van der Waals surface area contributed by atoms with Crippen molar-refractivity contribution in [3.8, 4) is 0 Å². The van der Waals surface area contributed by atoms with Crippen LogP contribution >= 0.6 is 0 Å². The monoisotopic (exact) mass is 340 g/mol. The van der Waals surface area contributed by atoms with E-state index in [1.54, 1.807) is 18.2 Å². The molecule has 2 aromatic rings. The van der Waals surface area contributed by atoms with Crippen LogP contribution in [-0.2, 0) is 11.3 Å². The number of hydrogen-bond acceptors (Lipinski definition) is 3. The van der Waals surface area contributed by atoms with Crippen molar-refractivity contribution in [1.82, 2.24) is 4.90 Å². The molecule has 0 aliphatic rings. The fourth-order valence-electron chi connectivity index (χ4n) is 2.67. The molecule has 2 rings (SSSR count). The number of amides is 1. The highest BCUT2D eigenvalue weighted by Gasteiger charge is 2.21. The molecule has 2 aromatic carbocycles. The van der Waals surface area contributed by atoms with Gasteiger partial charge in [-0.05, 0) is 49.7 Å². The molecule has 5 heteroatoms. The summed E-state index contributed by atoms with van der Waals surface area (Å²) in [5.74, 6) is -1.02. The van der Waals surface area contributed by atoms with Crippen LogP contribution in [0.25, 0.3) is 0 Å². The van der Waals surface area contributed by atoms with Crippen molar-refractivity contribution in [1.29, 1.82) is 0 Å². The Morgan fingerprint density at radius 2 is 1.84 bits per heavy atom. The van der Waals surface area contributed by atoms with Crippen molar-refractivity contribution < 1.29 is 14.7 Å². The lowest BCUT2D eigenvalue weighted by atomic mass is 10.1. The molecule has 5 nitrogen and oxygen atoms in total. The summed E-state index contributed by atoms with van der Waals surface area (Å²) in [5.41, 5.74) is 1.91. The topological polar surface area (TPSA) is 69.6 Å². The lowest BCUT2D eigenvalue weighted by Crippen LogP contribution is -2.42. The van der Waals surface area contributed by atoms with Crippen molar-refractivity contribution in [2.75, 3.05) is 11.9 Å². The molecule has 132 valence electrons. The van der Waals surface area contributed by atoms with Crippen molar-refractivity contribution in [3.63, 3.8) is 0 Å². The maximum absolute atomic E-state index is 12.5. The van der Waals surface area contributed by atoms with Crippen LogP contribution < -0.4 is 5.32 Å². The maximum atomic E-state index is 12.5. The Bertz CT molecular complexity index is 716. The van der Waals surface area contributed by atoms with Gasteiger partial charge in [-0.3, -0.25) is 9.69 Å². The lowest BCUT2D eigenvalue weighted by molar-refractivity contribution is -0.121. The number of para-hydroxylation sites is 1. The van der Waals surface area contributed by atoms with E-state index in [0.29, 0.717) is 6.54 Å². The number of carbonyl (C=O) groups excluding carboxylic acids is 1. The molecule has 0 heterocycles. The zero-order valence-corrected chi connectivity index (χ0v) is 14.6. The summed E-state index contributed by atoms with van der Waals surface area (Å²) in [4.78, 5) is 25.7. The second-order valence-electron chi connectivity index (χ2n) is 6.01. The summed E-state index contributed by atoms with van der Waals surface area (Å²) in [6.07, 6.45) is 0.904. The Morgan fingerprint density at radius 1 is 1.12 bits per heavy atom. The van der Waals surface area contributed by atoms with Gasteiger partial charge < -0.3 is 10.4 Å². The number of carboxylic acid groups (broad SMARTS) is 1. The molecule has 0 saturated heterocycles. The Morgan fingerprint density at radius 3 is 2.48 bits per heavy atom. The summed E-state index contributed by atoms with van der Waals surface area (Å²) in [6, 6.07) is 15.9. The smallest absolute Gasteiger partial charge is 0.335 e. The molecule has 0 bridgehead atoms. The van der Waals surface area contributed by atoms with Crippen LogP contribution in [0.2, 0.25) is 0 Å². The first-order valence-electron chi connectivity index (χ1n) is 8.43. The molecule has 0 saturated carbocycles. The van der Waals surface area contributed by atoms with E-state index in [-0.39, 0.29) is 17.5 Å². The van der Waals surface area contributed by atoms with Gasteiger partial charge in [0.2, 0.25) is 5.91 Å². The normalized spacial score (nSPS) is 12.0. The standard InChI is InChI=1S/C20H24N2O3/c1-3-12-22(14-16-8-7-9-17(13-16)20(24)25)15(2)19(23)21-18-10-5-4-6-11-18/h4-11,13,15H,3,12,14H2,1-2H3,(H,21,23)(H,24,25). The number of rotatable bonds is 8. The number of nitrogens with one attached hydrogen (secondary N) is 1. The van der Waals surface area contributed by atoms with Gasteiger partial charge in [-0.25, -0.2) is 4.79 Å². The highest BCUT2D eigenvalue weighted by Crippen LogP contribution is 2.14. The van der Waals surface area contributed by atoms with Gasteiger partial charge in [-0.2, -0.15) is 0 Å². The first kappa shape index (κ1) is 18.7. The number of aromatic carboxylic acids is 1. The second kappa shape index (κ2) is 8.99. The Hall–Kier alpha value is -2.66. The molecular weight excluding hydrogens is 316 g/mol. The Balaban J connectivity index is 2.09. The number of hydrogen-bond donors (Lipinski definition) is 2. The molecule has 0 fully saturated rings. The number of carbonyl (C=O) groups is 2. The van der Waals surface area contributed by atoms with Gasteiger partial charge in [0.05, 0.1) is 11.6 Å². The third-order valence-electron chi connectivity index (χ3n) is 4.04. The van der Waals surface area contributed by atoms with Crippen LogP contribution in [0.4, 0.5) is 5.69 Å². The Kier molecular flexibility index (Phi) is 6.71. The SMILES string of the molecule is CCCN(Cc1cccc(C(=O)O)c1)C(C)C(=O)Nc1ccccc1. The predicted molar refractivity (Wildman–Crippen MR) is 98.6 cm³/mol. The summed E-state index contributed by atoms with van der Waals surface area (Å²) in [5, 5.41) is 12.1. The molecule has 0 spiro atoms. The summed E-state index contributed by atoms with van der Waals surface area (Å²) in [7, 11) is 0. The van der Waals surface area contributed by atoms with Crippen molar-refractivity contribution in [2.24, 2.45) is 0 Å². The molecule has 0 radical (unpaired) electrons. The average molecular weight is 340 g/mol. The minimum absolute atomic E-state index is 0.0750. The highest BCUT2D eigenvalue weighted by atomic mass is 16.4. The first-order chi connectivity index (χ1) is 12.0. The zero-order valence-electron chi connectivity index (χ0n) is 14.6. The van der Waals surface area contributed by atoms with Crippen LogP contribution in [0.15, 0.2) is 54.6 Å². The van der Waals surface area contributed by atoms with Crippen LogP contribution in [-0.4, -0.2) is 34.5 Å². The number of benzene rings is 2. The van der Waals surface area contributed by atoms with E-state index in [1.807, 2.05) is 43.3 Å². The lowest BCUT2D eigenvalue weighted by Gasteiger charge is -2.28. The van der Waals surface area contributed by atoms with Gasteiger partial charge in [0, 0.05) is 12.2 Å². The first-order valence-corrected chi connectivity index (χ1v) is 8.43. The molecular formula is C20H24N2O3. The van der Waals surface area contributed by atoms with Crippen LogP contribution in [0.3, 0.4) is 0 Å². The fraction of sp³-hybridized carbons (Fsp3) is 0.300. The third kappa shape index (κ3) is 5.43. The summed E-state index contributed by atoms with van der Waals surface area (Å²) in [6.45, 7) is 5.20. The summed E-state index contributed by atoms with van der Waals surface area (Å²) >= 11 is 0. The third-order valence-corrected chi connectivity index (χ3v) is 4.04. The Labute approximate surface area is 148 Å². The number of carboxylic acids is 1. The number of nitrogens with zero attached hydrogens (tertiary/aromatic N) is 1. The van der Waals surface area contributed by atoms with E-state index in [0.717, 1.165) is 24.2 Å². The van der Waals surface area contributed by atoms with Gasteiger partial charge in [0.15, 0.2) is 0 Å². The van der Waals surface area contributed by atoms with Crippen molar-refractivity contribution >= 4 is 17.6 Å². The minimum atomic E-state index is -0.946. The number of anilines is 1. The van der Waals surface area contributed by atoms with Crippen molar-refractivity contribution in [3.05, 3.63) is 65.7 Å². The van der Waals surface area contributed by atoms with Crippen LogP contribution in [0.1, 0.15) is 36.2 Å². The predicted octanol–water partition coefficient (Wildman–Crippen LogP) is 3.62. The molecule has 2 N–H and O–H groups in total. The second-order valence-corrected chi connectivity index (χ2v) is 6.01. The van der Waals surface area contributed by atoms with E-state index in [2.05, 4.69) is 17.1 Å². The van der Waals surface area contributed by atoms with E-state index >= 15 is 0 Å². The van der Waals surface area contributed by atoms with E-state index in [4.69, 9.17) is 5.11 Å². The molecule has 25 heavy (non-hydrogen) atoms. The van der Waals surface area contributed by atoms with Gasteiger partial charge in [0.1, 0.15) is 0 Å². The molecule has 1 unspecified atom stereocenters. The molecule has 0 aliphatic heterocycles. The van der Waals surface area contributed by atoms with Gasteiger partial charge >= 0.3 is 5.97 Å². The molecule has 1 atom stereocenters. The summed E-state index contributed by atoms with van der Waals surface area (Å²) < 4.78 is 0. The van der Waals surface area contributed by atoms with Crippen LogP contribution in [0, 0.1) is 0 Å². The zero-order chi connectivity index (χ0) is 18.2. The van der Waals surface area contributed by atoms with Crippen molar-refractivity contribution in [2.45, 2.75) is 32.9 Å². The van der Waals surface area contributed by atoms with E-state index in [9.17, 15) is 9.59 Å². The van der Waals surface area contributed by atoms with Crippen LogP contribution in [0.5, 0.6) is 0 Å². The van der Waals surface area contributed by atoms with Gasteiger partial charge in [-0.1, -0.05) is 37.3 Å². The molecule has 0 aliphatic carbocycles. The van der Waals surface area contributed by atoms with E-state index in [1.165, 1.54) is 0 Å². The highest BCUT2D eigenvalue weighted by molar-refractivity contribution is 5.94. The molecule has 1 amide bonds. The quantitative estimate of drug-likeness (QED) is 0.770. The van der Waals surface area contributed by atoms with Gasteiger partial charge in [-0.15, -0.1) is 0 Å². The average Bonchev–Trinajstić information content (AvgIpc) is 2.61. The largest absolute Gasteiger partial charge is 0.478 e. The minimum Gasteiger partial charge on any atom is -0.478 e. The molecule has 0 aromatic heterocycles.